The molecule has 0 bridgehead atoms. The van der Waals surface area contributed by atoms with Crippen LogP contribution in [0.3, 0.4) is 0 Å². The Labute approximate surface area is 114 Å². The second-order valence-electron chi connectivity index (χ2n) is 3.58. The van der Waals surface area contributed by atoms with Crippen molar-refractivity contribution in [1.29, 1.82) is 0 Å². The van der Waals surface area contributed by atoms with Gasteiger partial charge in [-0.2, -0.15) is 0 Å². The summed E-state index contributed by atoms with van der Waals surface area (Å²) in [6, 6.07) is 0. The van der Waals surface area contributed by atoms with Gasteiger partial charge >= 0.3 is 0 Å². The average Bonchev–Trinajstić information content (AvgIpc) is 2.69. The van der Waals surface area contributed by atoms with E-state index in [1.807, 2.05) is 49.5 Å². The van der Waals surface area contributed by atoms with Gasteiger partial charge in [-0.05, 0) is 19.0 Å². The van der Waals surface area contributed by atoms with E-state index < -0.39 is 11.0 Å². The van der Waals surface area contributed by atoms with Gasteiger partial charge in [-0.15, -0.1) is 0 Å². The molecule has 1 aliphatic rings. The molecule has 4 heteroatoms. The van der Waals surface area contributed by atoms with Crippen LogP contribution < -0.4 is 5.32 Å². The van der Waals surface area contributed by atoms with Crippen molar-refractivity contribution in [2.45, 2.75) is 27.2 Å². The summed E-state index contributed by atoms with van der Waals surface area (Å²) in [5, 5.41) is 3.22. The third-order valence-electron chi connectivity index (χ3n) is 2.30. The molecule has 0 spiro atoms. The van der Waals surface area contributed by atoms with Crippen LogP contribution in [-0.2, 0) is 11.0 Å². The van der Waals surface area contributed by atoms with Crippen LogP contribution in [0.5, 0.6) is 0 Å². The summed E-state index contributed by atoms with van der Waals surface area (Å²) in [5.74, 6) is 0. The van der Waals surface area contributed by atoms with Gasteiger partial charge < -0.3 is 5.32 Å². The van der Waals surface area contributed by atoms with Crippen molar-refractivity contribution in [3.63, 3.8) is 0 Å². The Morgan fingerprint density at radius 1 is 1.39 bits per heavy atom. The van der Waals surface area contributed by atoms with Gasteiger partial charge in [0.25, 0.3) is 0 Å². The van der Waals surface area contributed by atoms with Gasteiger partial charge in [-0.3, -0.25) is 0 Å². The lowest BCUT2D eigenvalue weighted by molar-refractivity contribution is 0.508. The fraction of sp³-hybridized carbons (Fsp3) is 0.571. The molecule has 18 heavy (non-hydrogen) atoms. The lowest BCUT2D eigenvalue weighted by Gasteiger charge is -2.16. The summed E-state index contributed by atoms with van der Waals surface area (Å²) < 4.78 is 14.0. The van der Waals surface area contributed by atoms with Crippen molar-refractivity contribution in [3.05, 3.63) is 35.3 Å². The molecule has 0 radical (unpaired) electrons. The molecular weight excluding hydrogens is 244 g/mol. The number of hydrogen-bond acceptors (Lipinski definition) is 2. The predicted molar refractivity (Wildman–Crippen MR) is 81.6 cm³/mol. The van der Waals surface area contributed by atoms with Crippen molar-refractivity contribution in [2.24, 2.45) is 0 Å². The van der Waals surface area contributed by atoms with E-state index in [9.17, 15) is 4.21 Å². The summed E-state index contributed by atoms with van der Waals surface area (Å²) in [5.41, 5.74) is 0. The second-order valence-corrected chi connectivity index (χ2v) is 5.18. The first kappa shape index (κ1) is 17.3. The van der Waals surface area contributed by atoms with Crippen molar-refractivity contribution in [2.75, 3.05) is 26.7 Å². The number of allylic oxidation sites excluding steroid dienone is 5. The highest BCUT2D eigenvalue weighted by molar-refractivity contribution is 7.86. The molecule has 0 aromatic heterocycles. The van der Waals surface area contributed by atoms with E-state index in [4.69, 9.17) is 0 Å². The van der Waals surface area contributed by atoms with E-state index in [1.165, 1.54) is 0 Å². The molecule has 1 N–H and O–H groups in total. The maximum atomic E-state index is 12.1. The molecule has 0 aliphatic heterocycles. The van der Waals surface area contributed by atoms with E-state index >= 15 is 0 Å². The van der Waals surface area contributed by atoms with Gasteiger partial charge in [-0.25, -0.2) is 8.51 Å². The summed E-state index contributed by atoms with van der Waals surface area (Å²) in [7, 11) is 0.851. The van der Waals surface area contributed by atoms with Gasteiger partial charge in [0.1, 0.15) is 11.0 Å². The fourth-order valence-corrected chi connectivity index (χ4v) is 2.42. The molecule has 1 atom stereocenters. The van der Waals surface area contributed by atoms with Crippen LogP contribution in [0.15, 0.2) is 35.3 Å². The zero-order chi connectivity index (χ0) is 13.8. The highest BCUT2D eigenvalue weighted by atomic mass is 32.2. The molecule has 0 aromatic carbocycles. The molecule has 0 fully saturated rings. The number of hydrogen-bond donors (Lipinski definition) is 1. The summed E-state index contributed by atoms with van der Waals surface area (Å²) >= 11 is 0. The molecule has 0 aromatic rings. The second kappa shape index (κ2) is 11.4. The molecule has 1 unspecified atom stereocenters. The molecule has 0 heterocycles. The maximum Gasteiger partial charge on any atom is 0.127 e. The Bertz CT molecular complexity index is 322. The van der Waals surface area contributed by atoms with Gasteiger partial charge in [0.2, 0.25) is 0 Å². The summed E-state index contributed by atoms with van der Waals surface area (Å²) in [4.78, 5) is 0.893. The normalized spacial score (nSPS) is 15.7. The minimum atomic E-state index is -1.04. The number of likely N-dealkylation sites (N-methyl/N-ethyl adjacent to an activating group) is 2. The first-order valence-corrected chi connectivity index (χ1v) is 7.73. The van der Waals surface area contributed by atoms with Crippen LogP contribution in [-0.4, -0.2) is 35.2 Å². The fourth-order valence-electron chi connectivity index (χ4n) is 1.37. The SMILES string of the molecule is CC.CCNCCN(C)S(=O)C1=CCC=CC=C1. The van der Waals surface area contributed by atoms with E-state index in [2.05, 4.69) is 18.3 Å². The Balaban J connectivity index is 0.00000137. The van der Waals surface area contributed by atoms with Crippen molar-refractivity contribution in [3.8, 4) is 0 Å². The highest BCUT2D eigenvalue weighted by Gasteiger charge is 2.10. The molecule has 0 saturated carbocycles. The predicted octanol–water partition coefficient (Wildman–Crippen LogP) is 2.62. The Hall–Kier alpha value is -0.710. The first-order valence-electron chi connectivity index (χ1n) is 6.62. The number of nitrogens with zero attached hydrogens (tertiary/aromatic N) is 1. The molecular formula is C14H26N2OS. The average molecular weight is 270 g/mol. The summed E-state index contributed by atoms with van der Waals surface area (Å²) in [6.45, 7) is 8.68. The molecule has 0 saturated heterocycles. The van der Waals surface area contributed by atoms with Gasteiger partial charge in [0.15, 0.2) is 0 Å². The minimum absolute atomic E-state index is 0.791. The van der Waals surface area contributed by atoms with E-state index in [0.717, 1.165) is 31.0 Å². The van der Waals surface area contributed by atoms with Crippen LogP contribution in [0, 0.1) is 0 Å². The number of rotatable bonds is 6. The van der Waals surface area contributed by atoms with Gasteiger partial charge in [0.05, 0.1) is 4.91 Å². The van der Waals surface area contributed by atoms with Crippen molar-refractivity contribution < 1.29 is 4.21 Å². The topological polar surface area (TPSA) is 32.3 Å². The zero-order valence-corrected chi connectivity index (χ0v) is 12.8. The maximum absolute atomic E-state index is 12.1. The summed E-state index contributed by atoms with van der Waals surface area (Å²) in [6.07, 6.45) is 10.8. The van der Waals surface area contributed by atoms with Crippen LogP contribution in [0.1, 0.15) is 27.2 Å². The first-order chi connectivity index (χ1) is 8.75. The van der Waals surface area contributed by atoms with Crippen molar-refractivity contribution >= 4 is 11.0 Å². The van der Waals surface area contributed by atoms with Gasteiger partial charge in [-0.1, -0.05) is 45.1 Å². The zero-order valence-electron chi connectivity index (χ0n) is 12.0. The minimum Gasteiger partial charge on any atom is -0.316 e. The third-order valence-corrected chi connectivity index (χ3v) is 3.76. The lowest BCUT2D eigenvalue weighted by atomic mass is 10.4. The molecule has 1 aliphatic carbocycles. The lowest BCUT2D eigenvalue weighted by Crippen LogP contribution is -2.30. The molecule has 0 amide bonds. The molecule has 104 valence electrons. The van der Waals surface area contributed by atoms with E-state index in [-0.39, 0.29) is 0 Å². The number of nitrogens with one attached hydrogen (secondary N) is 1. The molecule has 1 rings (SSSR count). The van der Waals surface area contributed by atoms with Crippen LogP contribution >= 0.6 is 0 Å². The Kier molecular flexibility index (Phi) is 10.9. The Morgan fingerprint density at radius 3 is 2.78 bits per heavy atom. The molecule has 3 nitrogen and oxygen atoms in total. The third kappa shape index (κ3) is 6.89. The monoisotopic (exact) mass is 270 g/mol. The van der Waals surface area contributed by atoms with E-state index in [0.29, 0.717) is 0 Å². The smallest absolute Gasteiger partial charge is 0.127 e. The quantitative estimate of drug-likeness (QED) is 0.753. The largest absolute Gasteiger partial charge is 0.316 e. The van der Waals surface area contributed by atoms with Crippen LogP contribution in [0.2, 0.25) is 0 Å². The van der Waals surface area contributed by atoms with E-state index in [1.54, 1.807) is 0 Å². The Morgan fingerprint density at radius 2 is 2.11 bits per heavy atom. The van der Waals surface area contributed by atoms with Crippen LogP contribution in [0.25, 0.3) is 0 Å². The van der Waals surface area contributed by atoms with Gasteiger partial charge in [0, 0.05) is 20.1 Å². The highest BCUT2D eigenvalue weighted by Crippen LogP contribution is 2.11. The standard InChI is InChI=1S/C12H20N2OS.C2H6/c1-3-13-10-11-14(2)16(15)12-8-6-4-5-7-9-12;1-2/h4-6,8-9,13H,3,7,10-11H2,1-2H3;1-2H3. The van der Waals surface area contributed by atoms with Crippen molar-refractivity contribution in [1.82, 2.24) is 9.62 Å². The van der Waals surface area contributed by atoms with Crippen LogP contribution in [0.4, 0.5) is 0 Å².